The standard InChI is InChI=1S/C7H17N5/c1-11(9)7(8)10-12-5-3-2-4-6-12/h2-6,9H2,1H3,(H2,8,10). The summed E-state index contributed by atoms with van der Waals surface area (Å²) >= 11 is 0. The van der Waals surface area contributed by atoms with E-state index < -0.39 is 0 Å². The molecule has 0 aromatic heterocycles. The average molecular weight is 171 g/mol. The van der Waals surface area contributed by atoms with E-state index in [1.165, 1.54) is 24.3 Å². The van der Waals surface area contributed by atoms with E-state index in [4.69, 9.17) is 11.6 Å². The van der Waals surface area contributed by atoms with Gasteiger partial charge in [-0.3, -0.25) is 10.0 Å². The predicted molar refractivity (Wildman–Crippen MR) is 49.0 cm³/mol. The number of hydrazine groups is 1. The number of hydrazone groups is 1. The van der Waals surface area contributed by atoms with E-state index in [-0.39, 0.29) is 0 Å². The molecule has 0 amide bonds. The summed E-state index contributed by atoms with van der Waals surface area (Å²) in [6.07, 6.45) is 3.69. The van der Waals surface area contributed by atoms with Crippen LogP contribution < -0.4 is 11.6 Å². The molecule has 1 heterocycles. The van der Waals surface area contributed by atoms with Gasteiger partial charge in [0.25, 0.3) is 0 Å². The normalized spacial score (nSPS) is 19.5. The van der Waals surface area contributed by atoms with Crippen molar-refractivity contribution in [2.45, 2.75) is 19.3 Å². The van der Waals surface area contributed by atoms with Crippen LogP contribution in [0.5, 0.6) is 0 Å². The fraction of sp³-hybridized carbons (Fsp3) is 0.857. The zero-order valence-corrected chi connectivity index (χ0v) is 7.53. The Kier molecular flexibility index (Phi) is 3.16. The molecule has 5 nitrogen and oxygen atoms in total. The summed E-state index contributed by atoms with van der Waals surface area (Å²) in [5.41, 5.74) is 5.56. The van der Waals surface area contributed by atoms with E-state index in [2.05, 4.69) is 5.10 Å². The highest BCUT2D eigenvalue weighted by molar-refractivity contribution is 5.76. The minimum absolute atomic E-state index is 0.372. The van der Waals surface area contributed by atoms with Crippen LogP contribution in [0.15, 0.2) is 5.10 Å². The second kappa shape index (κ2) is 4.15. The fourth-order valence-corrected chi connectivity index (χ4v) is 1.19. The molecule has 0 radical (unpaired) electrons. The Morgan fingerprint density at radius 2 is 1.92 bits per heavy atom. The summed E-state index contributed by atoms with van der Waals surface area (Å²) in [7, 11) is 1.68. The number of rotatable bonds is 1. The Hall–Kier alpha value is -0.970. The summed E-state index contributed by atoms with van der Waals surface area (Å²) in [5.74, 6) is 5.78. The molecule has 12 heavy (non-hydrogen) atoms. The minimum Gasteiger partial charge on any atom is -0.367 e. The molecule has 0 aromatic rings. The second-order valence-corrected chi connectivity index (χ2v) is 3.08. The first-order chi connectivity index (χ1) is 5.70. The molecule has 0 atom stereocenters. The van der Waals surface area contributed by atoms with Gasteiger partial charge in [-0.1, -0.05) is 0 Å². The highest BCUT2D eigenvalue weighted by Crippen LogP contribution is 2.08. The maximum Gasteiger partial charge on any atom is 0.227 e. The first kappa shape index (κ1) is 9.12. The van der Waals surface area contributed by atoms with Crippen LogP contribution in [0.4, 0.5) is 0 Å². The van der Waals surface area contributed by atoms with Crippen LogP contribution in [0.25, 0.3) is 0 Å². The average Bonchev–Trinajstić information content (AvgIpc) is 2.06. The van der Waals surface area contributed by atoms with Gasteiger partial charge in [-0.05, 0) is 19.3 Å². The van der Waals surface area contributed by atoms with Gasteiger partial charge in [0.1, 0.15) is 0 Å². The smallest absolute Gasteiger partial charge is 0.227 e. The topological polar surface area (TPSA) is 70.9 Å². The number of piperidine rings is 1. The van der Waals surface area contributed by atoms with E-state index in [1.807, 2.05) is 5.01 Å². The highest BCUT2D eigenvalue weighted by atomic mass is 15.5. The number of nitrogens with two attached hydrogens (primary N) is 2. The largest absolute Gasteiger partial charge is 0.367 e. The lowest BCUT2D eigenvalue weighted by atomic mass is 10.2. The van der Waals surface area contributed by atoms with Gasteiger partial charge < -0.3 is 5.73 Å². The maximum atomic E-state index is 5.56. The molecular formula is C7H17N5. The summed E-state index contributed by atoms with van der Waals surface area (Å²) in [5, 5.41) is 7.47. The zero-order valence-electron chi connectivity index (χ0n) is 7.53. The molecule has 1 rings (SSSR count). The van der Waals surface area contributed by atoms with Crippen molar-refractivity contribution >= 4 is 5.96 Å². The number of nitrogens with zero attached hydrogens (tertiary/aromatic N) is 3. The fourth-order valence-electron chi connectivity index (χ4n) is 1.19. The van der Waals surface area contributed by atoms with Gasteiger partial charge in [-0.25, -0.2) is 5.84 Å². The Bertz CT molecular complexity index is 159. The maximum absolute atomic E-state index is 5.56. The molecule has 1 fully saturated rings. The zero-order chi connectivity index (χ0) is 8.97. The van der Waals surface area contributed by atoms with E-state index in [9.17, 15) is 0 Å². The molecule has 0 aliphatic carbocycles. The molecule has 0 spiro atoms. The van der Waals surface area contributed by atoms with Gasteiger partial charge in [0.15, 0.2) is 0 Å². The van der Waals surface area contributed by atoms with Gasteiger partial charge in [-0.2, -0.15) is 0 Å². The van der Waals surface area contributed by atoms with Crippen molar-refractivity contribution < 1.29 is 0 Å². The van der Waals surface area contributed by atoms with Crippen LogP contribution >= 0.6 is 0 Å². The summed E-state index contributed by atoms with van der Waals surface area (Å²) in [6, 6.07) is 0. The van der Waals surface area contributed by atoms with Crippen molar-refractivity contribution in [1.82, 2.24) is 10.0 Å². The van der Waals surface area contributed by atoms with Crippen molar-refractivity contribution in [3.8, 4) is 0 Å². The molecule has 70 valence electrons. The van der Waals surface area contributed by atoms with E-state index in [0.717, 1.165) is 13.1 Å². The predicted octanol–water partition coefficient (Wildman–Crippen LogP) is -0.492. The summed E-state index contributed by atoms with van der Waals surface area (Å²) in [4.78, 5) is 0. The highest BCUT2D eigenvalue weighted by Gasteiger charge is 2.08. The van der Waals surface area contributed by atoms with Crippen molar-refractivity contribution in [2.75, 3.05) is 20.1 Å². The SMILES string of the molecule is CN(N)C(N)=NN1CCCCC1. The van der Waals surface area contributed by atoms with Crippen molar-refractivity contribution in [2.24, 2.45) is 16.7 Å². The van der Waals surface area contributed by atoms with Gasteiger partial charge in [0.05, 0.1) is 0 Å². The molecule has 0 aromatic carbocycles. The van der Waals surface area contributed by atoms with Crippen LogP contribution in [0.1, 0.15) is 19.3 Å². The Morgan fingerprint density at radius 3 is 2.42 bits per heavy atom. The van der Waals surface area contributed by atoms with Gasteiger partial charge >= 0.3 is 0 Å². The number of guanidine groups is 1. The first-order valence-electron chi connectivity index (χ1n) is 4.27. The van der Waals surface area contributed by atoms with E-state index in [1.54, 1.807) is 7.05 Å². The van der Waals surface area contributed by atoms with Crippen molar-refractivity contribution in [3.05, 3.63) is 0 Å². The summed E-state index contributed by atoms with van der Waals surface area (Å²) in [6.45, 7) is 1.99. The van der Waals surface area contributed by atoms with Crippen LogP contribution in [0.2, 0.25) is 0 Å². The monoisotopic (exact) mass is 171 g/mol. The molecule has 5 heteroatoms. The van der Waals surface area contributed by atoms with Crippen LogP contribution in [-0.4, -0.2) is 36.1 Å². The Morgan fingerprint density at radius 1 is 1.33 bits per heavy atom. The summed E-state index contributed by atoms with van der Waals surface area (Å²) < 4.78 is 0. The van der Waals surface area contributed by atoms with Crippen molar-refractivity contribution in [3.63, 3.8) is 0 Å². The lowest BCUT2D eigenvalue weighted by molar-refractivity contribution is 0.234. The third kappa shape index (κ3) is 2.58. The molecule has 0 bridgehead atoms. The Labute approximate surface area is 73.0 Å². The molecule has 0 unspecified atom stereocenters. The van der Waals surface area contributed by atoms with Crippen molar-refractivity contribution in [1.29, 1.82) is 0 Å². The van der Waals surface area contributed by atoms with Crippen LogP contribution in [0.3, 0.4) is 0 Å². The molecule has 1 aliphatic heterocycles. The van der Waals surface area contributed by atoms with Crippen LogP contribution in [-0.2, 0) is 0 Å². The molecule has 0 saturated carbocycles. The number of hydrogen-bond acceptors (Lipinski definition) is 3. The molecule has 1 saturated heterocycles. The second-order valence-electron chi connectivity index (χ2n) is 3.08. The van der Waals surface area contributed by atoms with E-state index in [0.29, 0.717) is 5.96 Å². The molecular weight excluding hydrogens is 154 g/mol. The third-order valence-corrected chi connectivity index (χ3v) is 1.94. The van der Waals surface area contributed by atoms with E-state index >= 15 is 0 Å². The lowest BCUT2D eigenvalue weighted by Crippen LogP contribution is -2.41. The molecule has 1 aliphatic rings. The Balaban J connectivity index is 2.41. The quantitative estimate of drug-likeness (QED) is 0.242. The lowest BCUT2D eigenvalue weighted by Gasteiger charge is -2.24. The van der Waals surface area contributed by atoms with Gasteiger partial charge in [-0.15, -0.1) is 5.10 Å². The first-order valence-corrected chi connectivity index (χ1v) is 4.27. The van der Waals surface area contributed by atoms with Gasteiger partial charge in [0, 0.05) is 20.1 Å². The van der Waals surface area contributed by atoms with Gasteiger partial charge in [0.2, 0.25) is 5.96 Å². The molecule has 4 N–H and O–H groups in total. The van der Waals surface area contributed by atoms with Crippen LogP contribution in [0, 0.1) is 0 Å². The third-order valence-electron chi connectivity index (χ3n) is 1.94. The number of hydrogen-bond donors (Lipinski definition) is 2. The minimum atomic E-state index is 0.372.